The Labute approximate surface area is 311 Å². The number of amides is 1. The standard InChI is InChI=1S/C35H43N6O12P/c1-5-27(42)39-33-26-14-13-25(41(26)38-21-37-33)30-31(50-28(43)6-2)32(51-29(44)7-3)35(19-36,52-30)20-48-54(46,53-24-11-9-8-10-12-24)40-22(4)34(45)49-23-15-17-47-18-16-23/h8-14,21-23,30-32H,5-7,15-18,20H2,1-4H3,(H,40,46)(H,37,38,39,42)/t22?,30-,31-,32-,35+,54?/m0/s1. The highest BCUT2D eigenvalue weighted by atomic mass is 31.2. The molecule has 0 spiro atoms. The predicted octanol–water partition coefficient (Wildman–Crippen LogP) is 3.96. The van der Waals surface area contributed by atoms with Crippen molar-refractivity contribution in [1.29, 1.82) is 5.26 Å². The number of hydrogen-bond donors (Lipinski definition) is 2. The second-order valence-corrected chi connectivity index (χ2v) is 14.1. The van der Waals surface area contributed by atoms with E-state index in [9.17, 15) is 29.0 Å². The second kappa shape index (κ2) is 17.9. The van der Waals surface area contributed by atoms with E-state index in [0.29, 0.717) is 31.6 Å². The Kier molecular flexibility index (Phi) is 13.4. The van der Waals surface area contributed by atoms with Gasteiger partial charge in [0.2, 0.25) is 11.5 Å². The van der Waals surface area contributed by atoms with Gasteiger partial charge in [-0.25, -0.2) is 14.1 Å². The lowest BCUT2D eigenvalue weighted by atomic mass is 9.95. The third kappa shape index (κ3) is 9.41. The van der Waals surface area contributed by atoms with E-state index in [0.717, 1.165) is 0 Å². The van der Waals surface area contributed by atoms with Gasteiger partial charge >= 0.3 is 25.7 Å². The summed E-state index contributed by atoms with van der Waals surface area (Å²) in [5.74, 6) is -2.22. The molecule has 4 heterocycles. The zero-order chi connectivity index (χ0) is 38.9. The van der Waals surface area contributed by atoms with Gasteiger partial charge in [-0.1, -0.05) is 39.0 Å². The van der Waals surface area contributed by atoms with Gasteiger partial charge in [0, 0.05) is 32.1 Å². The van der Waals surface area contributed by atoms with Gasteiger partial charge in [0.15, 0.2) is 18.0 Å². The molecule has 19 heteroatoms. The van der Waals surface area contributed by atoms with Crippen molar-refractivity contribution in [3.63, 3.8) is 0 Å². The summed E-state index contributed by atoms with van der Waals surface area (Å²) in [6.07, 6.45) is -2.65. The van der Waals surface area contributed by atoms with Crippen LogP contribution in [0.15, 0.2) is 48.8 Å². The first-order valence-corrected chi connectivity index (χ1v) is 19.1. The number of nitrogens with zero attached hydrogens (tertiary/aromatic N) is 4. The third-order valence-corrected chi connectivity index (χ3v) is 10.2. The molecule has 1 amide bonds. The van der Waals surface area contributed by atoms with E-state index in [2.05, 4.69) is 20.5 Å². The zero-order valence-corrected chi connectivity index (χ0v) is 31.2. The lowest BCUT2D eigenvalue weighted by Gasteiger charge is -2.30. The Bertz CT molecular complexity index is 1900. The summed E-state index contributed by atoms with van der Waals surface area (Å²) in [5, 5.41) is 20.4. The Morgan fingerprint density at radius 3 is 2.39 bits per heavy atom. The van der Waals surface area contributed by atoms with Crippen LogP contribution in [0.1, 0.15) is 71.6 Å². The smallest absolute Gasteiger partial charge is 0.459 e. The maximum Gasteiger partial charge on any atom is 0.459 e. The summed E-state index contributed by atoms with van der Waals surface area (Å²) in [6, 6.07) is 11.9. The molecule has 290 valence electrons. The van der Waals surface area contributed by atoms with E-state index in [4.69, 9.17) is 32.7 Å². The number of aromatic nitrogens is 3. The van der Waals surface area contributed by atoms with Crippen molar-refractivity contribution in [3.8, 4) is 11.8 Å². The molecule has 5 rings (SSSR count). The summed E-state index contributed by atoms with van der Waals surface area (Å²) in [4.78, 5) is 55.3. The fraction of sp³-hybridized carbons (Fsp3) is 0.514. The predicted molar refractivity (Wildman–Crippen MR) is 188 cm³/mol. The topological polar surface area (TPSA) is 228 Å². The van der Waals surface area contributed by atoms with E-state index < -0.39 is 68.3 Å². The molecule has 2 unspecified atom stereocenters. The average Bonchev–Trinajstić information content (AvgIpc) is 3.74. The van der Waals surface area contributed by atoms with Crippen molar-refractivity contribution in [1.82, 2.24) is 19.7 Å². The average molecular weight is 771 g/mol. The highest BCUT2D eigenvalue weighted by Gasteiger charge is 2.62. The van der Waals surface area contributed by atoms with Crippen LogP contribution in [0.2, 0.25) is 0 Å². The van der Waals surface area contributed by atoms with E-state index in [1.165, 1.54) is 36.8 Å². The third-order valence-electron chi connectivity index (χ3n) is 8.61. The van der Waals surface area contributed by atoms with Crippen molar-refractivity contribution < 1.29 is 56.5 Å². The number of rotatable bonds is 16. The zero-order valence-electron chi connectivity index (χ0n) is 30.3. The molecule has 2 saturated heterocycles. The summed E-state index contributed by atoms with van der Waals surface area (Å²) < 4.78 is 56.5. The molecule has 18 nitrogen and oxygen atoms in total. The number of esters is 3. The van der Waals surface area contributed by atoms with Crippen LogP contribution in [0.5, 0.6) is 5.75 Å². The fourth-order valence-corrected chi connectivity index (χ4v) is 7.25. The molecule has 0 bridgehead atoms. The van der Waals surface area contributed by atoms with Gasteiger partial charge in [-0.3, -0.25) is 23.7 Å². The molecule has 0 aliphatic carbocycles. The van der Waals surface area contributed by atoms with Crippen LogP contribution in [-0.4, -0.2) is 88.2 Å². The van der Waals surface area contributed by atoms with Crippen LogP contribution in [0.4, 0.5) is 5.82 Å². The van der Waals surface area contributed by atoms with Crippen LogP contribution in [0.3, 0.4) is 0 Å². The number of carbonyl (C=O) groups excluding carboxylic acids is 4. The van der Waals surface area contributed by atoms with E-state index >= 15 is 0 Å². The first kappa shape index (κ1) is 40.3. The number of fused-ring (bicyclic) bond motifs is 1. The Morgan fingerprint density at radius 2 is 1.72 bits per heavy atom. The van der Waals surface area contributed by atoms with Gasteiger partial charge in [-0.2, -0.15) is 15.4 Å². The van der Waals surface area contributed by atoms with E-state index in [1.807, 2.05) is 6.07 Å². The highest BCUT2D eigenvalue weighted by Crippen LogP contribution is 2.50. The van der Waals surface area contributed by atoms with Crippen LogP contribution in [0.25, 0.3) is 5.52 Å². The van der Waals surface area contributed by atoms with Gasteiger partial charge in [0.05, 0.1) is 18.9 Å². The maximum atomic E-state index is 14.5. The minimum atomic E-state index is -4.60. The number of hydrogen-bond acceptors (Lipinski definition) is 15. The molecule has 2 aliphatic heterocycles. The van der Waals surface area contributed by atoms with Gasteiger partial charge in [0.25, 0.3) is 0 Å². The number of carbonyl (C=O) groups is 4. The van der Waals surface area contributed by atoms with Gasteiger partial charge in [0.1, 0.15) is 48.5 Å². The van der Waals surface area contributed by atoms with Crippen molar-refractivity contribution >= 4 is 42.9 Å². The number of para-hydroxylation sites is 1. The van der Waals surface area contributed by atoms with E-state index in [1.54, 1.807) is 44.2 Å². The van der Waals surface area contributed by atoms with Crippen LogP contribution in [-0.2, 0) is 52.0 Å². The van der Waals surface area contributed by atoms with Crippen molar-refractivity contribution in [3.05, 3.63) is 54.5 Å². The molecule has 2 aliphatic rings. The van der Waals surface area contributed by atoms with Gasteiger partial charge in [-0.05, 0) is 31.2 Å². The summed E-state index contributed by atoms with van der Waals surface area (Å²) in [5.41, 5.74) is -1.71. The molecule has 2 aromatic heterocycles. The molecule has 0 saturated carbocycles. The van der Waals surface area contributed by atoms with Crippen LogP contribution >= 0.6 is 7.75 Å². The van der Waals surface area contributed by atoms with Crippen molar-refractivity contribution in [2.45, 2.75) is 95.9 Å². The molecule has 54 heavy (non-hydrogen) atoms. The largest absolute Gasteiger partial charge is 0.461 e. The molecule has 2 N–H and O–H groups in total. The molecule has 0 radical (unpaired) electrons. The quantitative estimate of drug-likeness (QED) is 0.119. The minimum Gasteiger partial charge on any atom is -0.461 e. The minimum absolute atomic E-state index is 0.0795. The number of benzene rings is 1. The van der Waals surface area contributed by atoms with Gasteiger partial charge in [-0.15, -0.1) is 0 Å². The summed E-state index contributed by atoms with van der Waals surface area (Å²) in [7, 11) is -4.60. The molecular formula is C35H43N6O12P. The molecule has 6 atom stereocenters. The maximum absolute atomic E-state index is 14.5. The lowest BCUT2D eigenvalue weighted by Crippen LogP contribution is -2.49. The number of anilines is 1. The molecule has 3 aromatic rings. The van der Waals surface area contributed by atoms with Crippen LogP contribution < -0.4 is 14.9 Å². The highest BCUT2D eigenvalue weighted by molar-refractivity contribution is 7.52. The number of ether oxygens (including phenoxy) is 5. The first-order valence-electron chi connectivity index (χ1n) is 17.6. The molecule has 2 fully saturated rings. The van der Waals surface area contributed by atoms with Crippen molar-refractivity contribution in [2.75, 3.05) is 25.1 Å². The lowest BCUT2D eigenvalue weighted by molar-refractivity contribution is -0.169. The Morgan fingerprint density at radius 1 is 1.02 bits per heavy atom. The molecule has 1 aromatic carbocycles. The SMILES string of the molecule is CCC(=O)Nc1ncnn2c([C@@H]3O[C@](C#N)(COP(=O)(NC(C)C(=O)OC4CCOCC4)Oc4ccccc4)[C@@H](OC(=O)CC)[C@H]3OC(=O)CC)ccc12. The van der Waals surface area contributed by atoms with Crippen LogP contribution in [0, 0.1) is 11.3 Å². The summed E-state index contributed by atoms with van der Waals surface area (Å²) in [6.45, 7) is 6.15. The molecular weight excluding hydrogens is 727 g/mol. The number of nitrogens with one attached hydrogen (secondary N) is 2. The second-order valence-electron chi connectivity index (χ2n) is 12.5. The monoisotopic (exact) mass is 770 g/mol. The van der Waals surface area contributed by atoms with E-state index in [-0.39, 0.29) is 42.4 Å². The Hall–Kier alpha value is -4.92. The Balaban J connectivity index is 1.51. The number of nitriles is 1. The summed E-state index contributed by atoms with van der Waals surface area (Å²) >= 11 is 0. The fourth-order valence-electron chi connectivity index (χ4n) is 5.72. The van der Waals surface area contributed by atoms with Gasteiger partial charge < -0.3 is 33.5 Å². The normalized spacial score (nSPS) is 23.1. The first-order chi connectivity index (χ1) is 25.9. The van der Waals surface area contributed by atoms with Crippen molar-refractivity contribution in [2.24, 2.45) is 0 Å².